The van der Waals surface area contributed by atoms with Crippen LogP contribution < -0.4 is 4.74 Å². The zero-order valence-electron chi connectivity index (χ0n) is 13.8. The van der Waals surface area contributed by atoms with Crippen LogP contribution >= 0.6 is 23.2 Å². The fourth-order valence-electron chi connectivity index (χ4n) is 2.65. The van der Waals surface area contributed by atoms with E-state index in [0.29, 0.717) is 6.07 Å². The number of benzene rings is 1. The van der Waals surface area contributed by atoms with Crippen LogP contribution in [0.25, 0.3) is 0 Å². The Balaban J connectivity index is 2.45. The molecule has 152 valence electrons. The highest BCUT2D eigenvalue weighted by Gasteiger charge is 2.56. The molecule has 0 aromatic heterocycles. The predicted octanol–water partition coefficient (Wildman–Crippen LogP) is 4.67. The minimum atomic E-state index is -4.84. The average molecular weight is 444 g/mol. The van der Waals surface area contributed by atoms with E-state index in [2.05, 4.69) is 0 Å². The number of aliphatic carboxylic acids is 1. The van der Waals surface area contributed by atoms with Gasteiger partial charge in [-0.3, -0.25) is 14.9 Å². The summed E-state index contributed by atoms with van der Waals surface area (Å²) >= 11 is 11.5. The number of nitro groups is 1. The van der Waals surface area contributed by atoms with Crippen LogP contribution in [0, 0.1) is 21.8 Å². The Kier molecular flexibility index (Phi) is 5.95. The largest absolute Gasteiger partial charge is 0.481 e. The molecular weight excluding hydrogens is 433 g/mol. The second kappa shape index (κ2) is 7.59. The minimum Gasteiger partial charge on any atom is -0.481 e. The average Bonchev–Trinajstić information content (AvgIpc) is 2.56. The molecule has 1 aliphatic carbocycles. The summed E-state index contributed by atoms with van der Waals surface area (Å²) in [6.07, 6.45) is -2.16. The Labute approximate surface area is 165 Å². The molecule has 0 heterocycles. The van der Waals surface area contributed by atoms with Crippen molar-refractivity contribution in [2.45, 2.75) is 24.0 Å². The van der Waals surface area contributed by atoms with Gasteiger partial charge in [-0.25, -0.2) is 4.39 Å². The summed E-state index contributed by atoms with van der Waals surface area (Å²) in [6.45, 7) is 1.23. The first kappa shape index (κ1) is 22.0. The molecule has 0 aliphatic heterocycles. The molecule has 2 rings (SSSR count). The van der Waals surface area contributed by atoms with Gasteiger partial charge in [0.25, 0.3) is 5.54 Å². The molecular formula is C16H11Cl2F4NO5. The molecule has 0 spiro atoms. The van der Waals surface area contributed by atoms with E-state index >= 15 is 0 Å². The van der Waals surface area contributed by atoms with Gasteiger partial charge in [0.2, 0.25) is 0 Å². The molecule has 0 fully saturated rings. The van der Waals surface area contributed by atoms with Gasteiger partial charge in [0, 0.05) is 4.92 Å². The Bertz CT molecular complexity index is 861. The van der Waals surface area contributed by atoms with Gasteiger partial charge in [-0.2, -0.15) is 13.2 Å². The van der Waals surface area contributed by atoms with E-state index < -0.39 is 56.1 Å². The molecule has 28 heavy (non-hydrogen) atoms. The lowest BCUT2D eigenvalue weighted by Gasteiger charge is -2.31. The molecule has 1 N–H and O–H groups in total. The number of hydrogen-bond donors (Lipinski definition) is 1. The highest BCUT2D eigenvalue weighted by molar-refractivity contribution is 6.32. The fraction of sp³-hybridized carbons (Fsp3) is 0.312. The summed E-state index contributed by atoms with van der Waals surface area (Å²) in [5, 5.41) is 18.9. The van der Waals surface area contributed by atoms with Crippen LogP contribution in [0.15, 0.2) is 36.1 Å². The molecule has 1 aromatic carbocycles. The van der Waals surface area contributed by atoms with Crippen molar-refractivity contribution in [1.29, 1.82) is 0 Å². The van der Waals surface area contributed by atoms with E-state index in [0.717, 1.165) is 18.2 Å². The van der Waals surface area contributed by atoms with Crippen LogP contribution in [0.5, 0.6) is 5.75 Å². The molecule has 0 radical (unpaired) electrons. The number of ether oxygens (including phenoxy) is 1. The zero-order chi connectivity index (χ0) is 21.4. The first-order chi connectivity index (χ1) is 12.8. The van der Waals surface area contributed by atoms with Crippen LogP contribution in [-0.4, -0.2) is 26.9 Å². The summed E-state index contributed by atoms with van der Waals surface area (Å²) < 4.78 is 57.2. The van der Waals surface area contributed by atoms with Gasteiger partial charge in [0.1, 0.15) is 11.1 Å². The summed E-state index contributed by atoms with van der Waals surface area (Å²) in [5.74, 6) is -5.98. The lowest BCUT2D eigenvalue weighted by Crippen LogP contribution is -2.53. The normalized spacial score (nSPS) is 23.1. The van der Waals surface area contributed by atoms with Gasteiger partial charge in [-0.05, 0) is 37.3 Å². The van der Waals surface area contributed by atoms with E-state index in [1.165, 1.54) is 6.92 Å². The smallest absolute Gasteiger partial charge is 0.416 e. The fourth-order valence-corrected chi connectivity index (χ4v) is 3.18. The van der Waals surface area contributed by atoms with Crippen LogP contribution in [0.3, 0.4) is 0 Å². The molecule has 3 unspecified atom stereocenters. The van der Waals surface area contributed by atoms with Gasteiger partial charge in [0.15, 0.2) is 17.5 Å². The van der Waals surface area contributed by atoms with E-state index in [4.69, 9.17) is 27.9 Å². The van der Waals surface area contributed by atoms with Crippen molar-refractivity contribution in [2.75, 3.05) is 0 Å². The Hall–Kier alpha value is -2.33. The van der Waals surface area contributed by atoms with Crippen molar-refractivity contribution in [3.8, 4) is 5.75 Å². The Morgan fingerprint density at radius 3 is 2.46 bits per heavy atom. The van der Waals surface area contributed by atoms with Crippen molar-refractivity contribution in [3.63, 3.8) is 0 Å². The molecule has 0 bridgehead atoms. The van der Waals surface area contributed by atoms with E-state index in [1.807, 2.05) is 0 Å². The van der Waals surface area contributed by atoms with Crippen LogP contribution in [0.4, 0.5) is 17.6 Å². The third-order valence-corrected chi connectivity index (χ3v) is 4.74. The number of alkyl halides is 4. The molecule has 0 saturated heterocycles. The van der Waals surface area contributed by atoms with Gasteiger partial charge in [0.05, 0.1) is 10.6 Å². The number of halogens is 6. The molecule has 0 saturated carbocycles. The monoisotopic (exact) mass is 443 g/mol. The standard InChI is InChI=1S/C16H11Cl2F4NO5/c1-7(17)15(23(26)27)3-2-9(6-10(15)14(24)25)28-13-11(18)4-8(5-12(13)19)16(20,21)22/h2-7,10H,1H3,(H,24,25). The molecule has 1 aliphatic rings. The third-order valence-electron chi connectivity index (χ3n) is 4.11. The SMILES string of the molecule is CC(Cl)C1([N+](=O)[O-])C=CC(Oc2c(F)cc(C(F)(F)F)cc2Cl)=CC1C(=O)O. The molecule has 6 nitrogen and oxygen atoms in total. The summed E-state index contributed by atoms with van der Waals surface area (Å²) in [5.41, 5.74) is -3.55. The quantitative estimate of drug-likeness (QED) is 0.309. The number of carboxylic acid groups (broad SMARTS) is 1. The van der Waals surface area contributed by atoms with Crippen LogP contribution in [0.2, 0.25) is 5.02 Å². The predicted molar refractivity (Wildman–Crippen MR) is 90.4 cm³/mol. The Morgan fingerprint density at radius 2 is 2.04 bits per heavy atom. The third kappa shape index (κ3) is 3.93. The zero-order valence-corrected chi connectivity index (χ0v) is 15.3. The van der Waals surface area contributed by atoms with Crippen LogP contribution in [0.1, 0.15) is 12.5 Å². The number of allylic oxidation sites excluding steroid dienone is 1. The maximum Gasteiger partial charge on any atom is 0.416 e. The van der Waals surface area contributed by atoms with E-state index in [1.54, 1.807) is 0 Å². The lowest BCUT2D eigenvalue weighted by atomic mass is 9.78. The maximum atomic E-state index is 14.1. The van der Waals surface area contributed by atoms with E-state index in [9.17, 15) is 37.6 Å². The summed E-state index contributed by atoms with van der Waals surface area (Å²) in [4.78, 5) is 22.2. The number of hydrogen-bond acceptors (Lipinski definition) is 4. The number of nitrogens with zero attached hydrogens (tertiary/aromatic N) is 1. The summed E-state index contributed by atoms with van der Waals surface area (Å²) in [7, 11) is 0. The first-order valence-corrected chi connectivity index (χ1v) is 8.28. The van der Waals surface area contributed by atoms with Crippen molar-refractivity contribution >= 4 is 29.2 Å². The molecule has 3 atom stereocenters. The van der Waals surface area contributed by atoms with Gasteiger partial charge < -0.3 is 9.84 Å². The van der Waals surface area contributed by atoms with Gasteiger partial charge >= 0.3 is 12.1 Å². The highest BCUT2D eigenvalue weighted by Crippen LogP contribution is 2.40. The van der Waals surface area contributed by atoms with Gasteiger partial charge in [-0.1, -0.05) is 11.6 Å². The van der Waals surface area contributed by atoms with Crippen molar-refractivity contribution in [2.24, 2.45) is 5.92 Å². The van der Waals surface area contributed by atoms with Gasteiger partial charge in [-0.15, -0.1) is 11.6 Å². The highest BCUT2D eigenvalue weighted by atomic mass is 35.5. The lowest BCUT2D eigenvalue weighted by molar-refractivity contribution is -0.560. The van der Waals surface area contributed by atoms with Crippen molar-refractivity contribution in [1.82, 2.24) is 0 Å². The number of rotatable bonds is 5. The second-order valence-corrected chi connectivity index (χ2v) is 6.91. The molecule has 1 aromatic rings. The first-order valence-electron chi connectivity index (χ1n) is 7.47. The maximum absolute atomic E-state index is 14.1. The number of carbonyl (C=O) groups is 1. The van der Waals surface area contributed by atoms with Crippen molar-refractivity contribution < 1.29 is 37.1 Å². The number of carboxylic acids is 1. The van der Waals surface area contributed by atoms with E-state index in [-0.39, 0.29) is 11.8 Å². The molecule has 0 amide bonds. The van der Waals surface area contributed by atoms with Crippen molar-refractivity contribution in [3.05, 3.63) is 62.6 Å². The second-order valence-electron chi connectivity index (χ2n) is 5.85. The van der Waals surface area contributed by atoms with Crippen LogP contribution in [-0.2, 0) is 11.0 Å². The molecule has 12 heteroatoms. The summed E-state index contributed by atoms with van der Waals surface area (Å²) in [6, 6.07) is 0.592. The topological polar surface area (TPSA) is 89.7 Å². The Morgan fingerprint density at radius 1 is 1.43 bits per heavy atom. The minimum absolute atomic E-state index is 0.158.